The fourth-order valence-corrected chi connectivity index (χ4v) is 8.92. The Labute approximate surface area is 313 Å². The van der Waals surface area contributed by atoms with Crippen LogP contribution in [0.5, 0.6) is 0 Å². The molecule has 3 amide bonds. The Morgan fingerprint density at radius 2 is 1.57 bits per heavy atom. The zero-order valence-corrected chi connectivity index (χ0v) is 29.9. The largest absolute Gasteiger partial charge is 0.477 e. The van der Waals surface area contributed by atoms with Gasteiger partial charge in [-0.05, 0) is 30.9 Å². The van der Waals surface area contributed by atoms with Crippen LogP contribution in [-0.2, 0) is 29.6 Å². The lowest BCUT2D eigenvalue weighted by Crippen LogP contribution is -2.71. The average molecular weight is 747 g/mol. The molecule has 14 heteroatoms. The van der Waals surface area contributed by atoms with E-state index in [1.807, 2.05) is 95.9 Å². The molecule has 12 nitrogen and oxygen atoms in total. The number of carboxylic acid groups (broad SMARTS) is 1. The number of nitrogens with one attached hydrogen (secondary N) is 1. The number of rotatable bonds is 11. The highest BCUT2D eigenvalue weighted by Gasteiger charge is 2.54. The van der Waals surface area contributed by atoms with Crippen molar-refractivity contribution in [2.75, 3.05) is 18.0 Å². The van der Waals surface area contributed by atoms with Gasteiger partial charge < -0.3 is 25.9 Å². The molecule has 0 bridgehead atoms. The first-order valence-corrected chi connectivity index (χ1v) is 19.1. The Hall–Kier alpha value is -5.73. The van der Waals surface area contributed by atoms with Crippen molar-refractivity contribution in [3.63, 3.8) is 0 Å². The number of benzene rings is 3. The van der Waals surface area contributed by atoms with Gasteiger partial charge in [-0.15, -0.1) is 23.1 Å². The molecule has 3 aliphatic heterocycles. The van der Waals surface area contributed by atoms with Crippen LogP contribution in [0.25, 0.3) is 0 Å². The molecular formula is C39H34N6O6S2. The number of fused-ring (bicyclic) bond motifs is 1. The van der Waals surface area contributed by atoms with Crippen molar-refractivity contribution in [2.24, 2.45) is 5.16 Å². The van der Waals surface area contributed by atoms with Crippen LogP contribution in [-0.4, -0.2) is 79.0 Å². The van der Waals surface area contributed by atoms with E-state index < -0.39 is 34.8 Å². The maximum Gasteiger partial charge on any atom is 0.352 e. The summed E-state index contributed by atoms with van der Waals surface area (Å²) in [6, 6.07) is 27.8. The van der Waals surface area contributed by atoms with E-state index in [0.717, 1.165) is 40.9 Å². The molecule has 0 spiro atoms. The molecule has 4 aliphatic rings. The summed E-state index contributed by atoms with van der Waals surface area (Å²) >= 11 is 2.44. The third-order valence-electron chi connectivity index (χ3n) is 9.78. The number of nitrogen functional groups attached to an aromatic ring is 1. The Bertz CT molecular complexity index is 2090. The summed E-state index contributed by atoms with van der Waals surface area (Å²) in [6.07, 6.45) is 4.12. The number of thioether (sulfide) groups is 1. The quantitative estimate of drug-likeness (QED) is 0.0659. The van der Waals surface area contributed by atoms with Crippen LogP contribution in [0.4, 0.5) is 5.13 Å². The molecule has 3 aromatic carbocycles. The van der Waals surface area contributed by atoms with E-state index in [1.54, 1.807) is 11.5 Å². The molecule has 53 heavy (non-hydrogen) atoms. The number of oxime groups is 1. The second kappa shape index (κ2) is 14.0. The minimum atomic E-state index is -1.30. The predicted molar refractivity (Wildman–Crippen MR) is 200 cm³/mol. The van der Waals surface area contributed by atoms with Gasteiger partial charge in [-0.1, -0.05) is 96.2 Å². The van der Waals surface area contributed by atoms with E-state index in [-0.39, 0.29) is 39.9 Å². The summed E-state index contributed by atoms with van der Waals surface area (Å²) < 4.78 is 0. The van der Waals surface area contributed by atoms with Crippen LogP contribution in [0.15, 0.2) is 124 Å². The van der Waals surface area contributed by atoms with Crippen molar-refractivity contribution in [3.8, 4) is 0 Å². The molecule has 1 aliphatic carbocycles. The van der Waals surface area contributed by atoms with Crippen molar-refractivity contribution in [1.82, 2.24) is 20.1 Å². The number of carboxylic acids is 1. The number of carbonyl (C=O) groups is 4. The zero-order valence-electron chi connectivity index (χ0n) is 28.3. The molecule has 2 saturated heterocycles. The van der Waals surface area contributed by atoms with Crippen LogP contribution >= 0.6 is 23.1 Å². The lowest BCUT2D eigenvalue weighted by atomic mass is 9.80. The minimum absolute atomic E-state index is 0.0792. The number of β-lactam (4-membered cyclic amide) rings is 1. The maximum atomic E-state index is 14.2. The van der Waals surface area contributed by atoms with Crippen molar-refractivity contribution < 1.29 is 29.1 Å². The third-order valence-corrected chi connectivity index (χ3v) is 11.8. The molecule has 0 radical (unpaired) electrons. The van der Waals surface area contributed by atoms with Crippen LogP contribution in [0, 0.1) is 0 Å². The number of likely N-dealkylation sites (tertiary alicyclic amines) is 1. The number of hydrogen-bond donors (Lipinski definition) is 3. The number of thiazole rings is 1. The van der Waals surface area contributed by atoms with Crippen LogP contribution in [0.2, 0.25) is 0 Å². The minimum Gasteiger partial charge on any atom is -0.477 e. The van der Waals surface area contributed by atoms with Gasteiger partial charge in [-0.3, -0.25) is 19.3 Å². The summed E-state index contributed by atoms with van der Waals surface area (Å²) in [4.78, 5) is 67.4. The number of aliphatic carboxylic acids is 1. The third kappa shape index (κ3) is 6.27. The molecule has 4 heterocycles. The maximum absolute atomic E-state index is 14.2. The van der Waals surface area contributed by atoms with Gasteiger partial charge in [0.05, 0.1) is 0 Å². The van der Waals surface area contributed by atoms with Gasteiger partial charge in [-0.25, -0.2) is 9.78 Å². The second-order valence-electron chi connectivity index (χ2n) is 13.1. The van der Waals surface area contributed by atoms with Crippen LogP contribution in [0.3, 0.4) is 0 Å². The van der Waals surface area contributed by atoms with Gasteiger partial charge in [-0.2, -0.15) is 0 Å². The van der Waals surface area contributed by atoms with E-state index in [1.165, 1.54) is 16.7 Å². The van der Waals surface area contributed by atoms with Gasteiger partial charge in [0.15, 0.2) is 10.8 Å². The fourth-order valence-electron chi connectivity index (χ4n) is 7.07. The standard InChI is InChI=1S/C39H34N6O6S2/c40-38-41-29(22-53-38)30(43-51-39(25-10-4-1-5-11-25,26-12-6-2-7-13-26)27-14-8-3-9-15-27)33(46)42-31-35(48)45-32(37(49)50)24(21-52-36(31)45)20-23-18-19-44(34(23)47)28-16-17-28/h1-15,20,22,28,31,36H,16-19,21H2,(H2,40,41)(H,42,46)(H,49,50)/t31-,36-/m1/s1. The molecule has 4 aromatic rings. The highest BCUT2D eigenvalue weighted by atomic mass is 32.2. The highest BCUT2D eigenvalue weighted by molar-refractivity contribution is 8.00. The number of carbonyl (C=O) groups excluding carboxylic acids is 3. The van der Waals surface area contributed by atoms with Gasteiger partial charge in [0.1, 0.15) is 22.8 Å². The monoisotopic (exact) mass is 746 g/mol. The van der Waals surface area contributed by atoms with E-state index in [2.05, 4.69) is 15.5 Å². The Balaban J connectivity index is 1.11. The summed E-state index contributed by atoms with van der Waals surface area (Å²) in [5.41, 5.74) is 7.63. The molecule has 0 unspecified atom stereocenters. The molecule has 2 atom stereocenters. The number of amides is 3. The lowest BCUT2D eigenvalue weighted by Gasteiger charge is -2.49. The van der Waals surface area contributed by atoms with E-state index in [0.29, 0.717) is 24.1 Å². The predicted octanol–water partition coefficient (Wildman–Crippen LogP) is 4.50. The van der Waals surface area contributed by atoms with Gasteiger partial charge >= 0.3 is 5.97 Å². The molecule has 8 rings (SSSR count). The molecular weight excluding hydrogens is 713 g/mol. The van der Waals surface area contributed by atoms with Crippen LogP contribution < -0.4 is 11.1 Å². The van der Waals surface area contributed by atoms with Crippen LogP contribution in [0.1, 0.15) is 41.6 Å². The number of anilines is 1. The Morgan fingerprint density at radius 3 is 2.09 bits per heavy atom. The van der Waals surface area contributed by atoms with E-state index in [9.17, 15) is 24.3 Å². The highest BCUT2D eigenvalue weighted by Crippen LogP contribution is 2.43. The van der Waals surface area contributed by atoms with Gasteiger partial charge in [0.25, 0.3) is 11.8 Å². The lowest BCUT2D eigenvalue weighted by molar-refractivity contribution is -0.150. The Morgan fingerprint density at radius 1 is 0.962 bits per heavy atom. The van der Waals surface area contributed by atoms with E-state index in [4.69, 9.17) is 10.6 Å². The first-order chi connectivity index (χ1) is 25.8. The summed E-state index contributed by atoms with van der Waals surface area (Å²) in [5, 5.41) is 18.6. The smallest absolute Gasteiger partial charge is 0.352 e. The van der Waals surface area contributed by atoms with Crippen molar-refractivity contribution in [3.05, 3.63) is 142 Å². The van der Waals surface area contributed by atoms with Gasteiger partial charge in [0, 0.05) is 46.0 Å². The number of allylic oxidation sites excluding steroid dienone is 1. The summed E-state index contributed by atoms with van der Waals surface area (Å²) in [6.45, 7) is 0.610. The number of nitrogens with two attached hydrogens (primary N) is 1. The normalized spacial score (nSPS) is 21.1. The van der Waals surface area contributed by atoms with Crippen molar-refractivity contribution in [2.45, 2.75) is 42.3 Å². The Kier molecular flexibility index (Phi) is 9.08. The number of hydrogen-bond acceptors (Lipinski definition) is 10. The molecule has 3 fully saturated rings. The first-order valence-electron chi connectivity index (χ1n) is 17.1. The molecule has 1 saturated carbocycles. The average Bonchev–Trinajstić information content (AvgIpc) is 3.84. The molecule has 4 N–H and O–H groups in total. The molecule has 1 aromatic heterocycles. The number of nitrogens with zero attached hydrogens (tertiary/aromatic N) is 4. The van der Waals surface area contributed by atoms with Crippen molar-refractivity contribution >= 4 is 57.6 Å². The fraction of sp³-hybridized carbons (Fsp3) is 0.231. The SMILES string of the molecule is Nc1nc(C(=NOC(c2ccccc2)(c2ccccc2)c2ccccc2)C(=O)N[C@@H]2C(=O)N3C(C(=O)O)=C(C=C4CCN(C5CC5)C4=O)CS[C@H]23)cs1. The van der Waals surface area contributed by atoms with Crippen molar-refractivity contribution in [1.29, 1.82) is 0 Å². The summed E-state index contributed by atoms with van der Waals surface area (Å²) in [7, 11) is 0. The number of aromatic nitrogens is 1. The van der Waals surface area contributed by atoms with E-state index >= 15 is 0 Å². The summed E-state index contributed by atoms with van der Waals surface area (Å²) in [5.74, 6) is -2.46. The van der Waals surface area contributed by atoms with Gasteiger partial charge in [0.2, 0.25) is 11.5 Å². The second-order valence-corrected chi connectivity index (χ2v) is 15.1. The topological polar surface area (TPSA) is 168 Å². The first kappa shape index (κ1) is 34.4. The molecule has 268 valence electrons. The zero-order chi connectivity index (χ0) is 36.7.